The monoisotopic (exact) mass is 370 g/mol. The number of rotatable bonds is 4. The lowest BCUT2D eigenvalue weighted by molar-refractivity contribution is -0.384. The van der Waals surface area contributed by atoms with Gasteiger partial charge in [0.05, 0.1) is 15.5 Å². The van der Waals surface area contributed by atoms with Gasteiger partial charge in [0.15, 0.2) is 0 Å². The zero-order valence-corrected chi connectivity index (χ0v) is 13.3. The molecule has 0 saturated heterocycles. The van der Waals surface area contributed by atoms with Crippen LogP contribution < -0.4 is 4.72 Å². The molecule has 0 heterocycles. The molecule has 2 aromatic carbocycles. The Balaban J connectivity index is 2.47. The standard InChI is InChI=1S/C13H11BrN2O4S/c1-9-7-10(16(17)18)8-12(13(9)14)15-21(19,20)11-5-3-2-4-6-11/h2-8,15H,1H3. The molecule has 0 aliphatic carbocycles. The van der Waals surface area contributed by atoms with Gasteiger partial charge in [0.25, 0.3) is 15.7 Å². The number of sulfonamides is 1. The fourth-order valence-corrected chi connectivity index (χ4v) is 3.28. The van der Waals surface area contributed by atoms with Crippen molar-refractivity contribution < 1.29 is 13.3 Å². The van der Waals surface area contributed by atoms with Crippen molar-refractivity contribution in [3.05, 3.63) is 62.6 Å². The van der Waals surface area contributed by atoms with Crippen molar-refractivity contribution in [1.82, 2.24) is 0 Å². The number of benzene rings is 2. The van der Waals surface area contributed by atoms with E-state index in [1.54, 1.807) is 25.1 Å². The van der Waals surface area contributed by atoms with Gasteiger partial charge in [0.1, 0.15) is 0 Å². The fraction of sp³-hybridized carbons (Fsp3) is 0.0769. The van der Waals surface area contributed by atoms with E-state index < -0.39 is 14.9 Å². The Morgan fingerprint density at radius 2 is 1.81 bits per heavy atom. The zero-order chi connectivity index (χ0) is 15.6. The van der Waals surface area contributed by atoms with Gasteiger partial charge in [-0.15, -0.1) is 0 Å². The average Bonchev–Trinajstić information content (AvgIpc) is 2.44. The van der Waals surface area contributed by atoms with Crippen molar-refractivity contribution in [2.45, 2.75) is 11.8 Å². The van der Waals surface area contributed by atoms with Crippen LogP contribution in [0.4, 0.5) is 11.4 Å². The number of nitrogens with zero attached hydrogens (tertiary/aromatic N) is 1. The highest BCUT2D eigenvalue weighted by Gasteiger charge is 2.19. The topological polar surface area (TPSA) is 89.3 Å². The highest BCUT2D eigenvalue weighted by atomic mass is 79.9. The predicted octanol–water partition coefficient (Wildman–Crippen LogP) is 3.47. The van der Waals surface area contributed by atoms with Crippen LogP contribution in [0.2, 0.25) is 0 Å². The van der Waals surface area contributed by atoms with Crippen molar-refractivity contribution in [2.24, 2.45) is 0 Å². The van der Waals surface area contributed by atoms with Gasteiger partial charge in [-0.25, -0.2) is 8.42 Å². The normalized spacial score (nSPS) is 11.1. The molecule has 0 unspecified atom stereocenters. The lowest BCUT2D eigenvalue weighted by Crippen LogP contribution is -2.13. The maximum Gasteiger partial charge on any atom is 0.271 e. The predicted molar refractivity (Wildman–Crippen MR) is 82.8 cm³/mol. The molecular formula is C13H11BrN2O4S. The molecule has 2 aromatic rings. The van der Waals surface area contributed by atoms with Crippen LogP contribution in [0, 0.1) is 17.0 Å². The Labute approximate surface area is 130 Å². The minimum atomic E-state index is -3.80. The molecule has 6 nitrogen and oxygen atoms in total. The number of nitrogens with one attached hydrogen (secondary N) is 1. The van der Waals surface area contributed by atoms with Crippen LogP contribution >= 0.6 is 15.9 Å². The van der Waals surface area contributed by atoms with Crippen molar-refractivity contribution >= 4 is 37.3 Å². The van der Waals surface area contributed by atoms with Gasteiger partial charge < -0.3 is 0 Å². The summed E-state index contributed by atoms with van der Waals surface area (Å²) in [4.78, 5) is 10.4. The molecule has 0 radical (unpaired) electrons. The number of nitro groups is 1. The number of nitro benzene ring substituents is 1. The second kappa shape index (κ2) is 5.82. The van der Waals surface area contributed by atoms with E-state index in [1.165, 1.54) is 24.3 Å². The molecule has 0 spiro atoms. The van der Waals surface area contributed by atoms with E-state index in [2.05, 4.69) is 20.7 Å². The highest BCUT2D eigenvalue weighted by Crippen LogP contribution is 2.32. The molecule has 110 valence electrons. The maximum atomic E-state index is 12.2. The summed E-state index contributed by atoms with van der Waals surface area (Å²) in [5.74, 6) is 0. The minimum absolute atomic E-state index is 0.0843. The van der Waals surface area contributed by atoms with Gasteiger partial charge in [0.2, 0.25) is 0 Å². The first-order valence-corrected chi connectivity index (χ1v) is 8.11. The summed E-state index contributed by atoms with van der Waals surface area (Å²) >= 11 is 3.24. The smallest absolute Gasteiger partial charge is 0.271 e. The van der Waals surface area contributed by atoms with Crippen LogP contribution in [0.5, 0.6) is 0 Å². The third kappa shape index (κ3) is 3.40. The molecule has 1 N–H and O–H groups in total. The lowest BCUT2D eigenvalue weighted by Gasteiger charge is -2.11. The van der Waals surface area contributed by atoms with E-state index in [1.807, 2.05) is 0 Å². The number of halogens is 1. The van der Waals surface area contributed by atoms with Crippen molar-refractivity contribution in [3.63, 3.8) is 0 Å². The number of anilines is 1. The first-order valence-electron chi connectivity index (χ1n) is 5.83. The van der Waals surface area contributed by atoms with Gasteiger partial charge in [-0.3, -0.25) is 14.8 Å². The number of hydrogen-bond donors (Lipinski definition) is 1. The van der Waals surface area contributed by atoms with Gasteiger partial charge in [-0.05, 0) is 40.5 Å². The summed E-state index contributed by atoms with van der Waals surface area (Å²) in [5, 5.41) is 10.9. The molecular weight excluding hydrogens is 360 g/mol. The fourth-order valence-electron chi connectivity index (χ4n) is 1.73. The van der Waals surface area contributed by atoms with Gasteiger partial charge >= 0.3 is 0 Å². The molecule has 0 aromatic heterocycles. The number of aryl methyl sites for hydroxylation is 1. The van der Waals surface area contributed by atoms with Gasteiger partial charge in [0, 0.05) is 16.6 Å². The number of non-ortho nitro benzene ring substituents is 1. The third-order valence-electron chi connectivity index (χ3n) is 2.75. The first kappa shape index (κ1) is 15.5. The molecule has 0 amide bonds. The van der Waals surface area contributed by atoms with Crippen LogP contribution in [0.25, 0.3) is 0 Å². The molecule has 8 heteroatoms. The molecule has 0 bridgehead atoms. The Hall–Kier alpha value is -1.93. The molecule has 0 aliphatic heterocycles. The van der Waals surface area contributed by atoms with Crippen molar-refractivity contribution in [1.29, 1.82) is 0 Å². The number of hydrogen-bond acceptors (Lipinski definition) is 4. The van der Waals surface area contributed by atoms with E-state index >= 15 is 0 Å². The summed E-state index contributed by atoms with van der Waals surface area (Å²) in [7, 11) is -3.80. The van der Waals surface area contributed by atoms with E-state index in [0.717, 1.165) is 0 Å². The summed E-state index contributed by atoms with van der Waals surface area (Å²) in [6, 6.07) is 10.3. The van der Waals surface area contributed by atoms with E-state index in [-0.39, 0.29) is 16.3 Å². The minimum Gasteiger partial charge on any atom is -0.278 e. The largest absolute Gasteiger partial charge is 0.278 e. The summed E-state index contributed by atoms with van der Waals surface area (Å²) in [5.41, 5.74) is 0.516. The second-order valence-corrected chi connectivity index (χ2v) is 6.78. The highest BCUT2D eigenvalue weighted by molar-refractivity contribution is 9.10. The lowest BCUT2D eigenvalue weighted by atomic mass is 10.2. The van der Waals surface area contributed by atoms with Crippen LogP contribution in [-0.4, -0.2) is 13.3 Å². The van der Waals surface area contributed by atoms with E-state index in [4.69, 9.17) is 0 Å². The Morgan fingerprint density at radius 3 is 2.38 bits per heavy atom. The van der Waals surface area contributed by atoms with Crippen LogP contribution in [0.15, 0.2) is 51.8 Å². The Morgan fingerprint density at radius 1 is 1.19 bits per heavy atom. The Bertz CT molecular complexity index is 791. The Kier molecular flexibility index (Phi) is 4.29. The molecule has 0 saturated carbocycles. The van der Waals surface area contributed by atoms with Crippen LogP contribution in [-0.2, 0) is 10.0 Å². The molecule has 0 atom stereocenters. The first-order chi connectivity index (χ1) is 9.81. The second-order valence-electron chi connectivity index (χ2n) is 4.30. The van der Waals surface area contributed by atoms with E-state index in [9.17, 15) is 18.5 Å². The summed E-state index contributed by atoms with van der Waals surface area (Å²) < 4.78 is 27.3. The van der Waals surface area contributed by atoms with Gasteiger partial charge in [-0.2, -0.15) is 0 Å². The van der Waals surface area contributed by atoms with Gasteiger partial charge in [-0.1, -0.05) is 18.2 Å². The molecule has 21 heavy (non-hydrogen) atoms. The molecule has 0 fully saturated rings. The SMILES string of the molecule is Cc1cc([N+](=O)[O-])cc(NS(=O)(=O)c2ccccc2)c1Br. The summed E-state index contributed by atoms with van der Waals surface area (Å²) in [6.07, 6.45) is 0. The van der Waals surface area contributed by atoms with E-state index in [0.29, 0.717) is 10.0 Å². The summed E-state index contributed by atoms with van der Waals surface area (Å²) in [6.45, 7) is 1.65. The zero-order valence-electron chi connectivity index (χ0n) is 10.9. The molecule has 0 aliphatic rings. The van der Waals surface area contributed by atoms with Crippen molar-refractivity contribution in [3.8, 4) is 0 Å². The third-order valence-corrected chi connectivity index (χ3v) is 5.18. The maximum absolute atomic E-state index is 12.2. The van der Waals surface area contributed by atoms with Crippen LogP contribution in [0.3, 0.4) is 0 Å². The average molecular weight is 371 g/mol. The molecule has 2 rings (SSSR count). The van der Waals surface area contributed by atoms with Crippen molar-refractivity contribution in [2.75, 3.05) is 4.72 Å². The quantitative estimate of drug-likeness (QED) is 0.658. The van der Waals surface area contributed by atoms with Crippen LogP contribution in [0.1, 0.15) is 5.56 Å².